The number of carbonyl (C=O) groups is 1. The van der Waals surface area contributed by atoms with Crippen molar-refractivity contribution in [2.75, 3.05) is 17.3 Å². The molecule has 5 rings (SSSR count). The highest BCUT2D eigenvalue weighted by Gasteiger charge is 2.47. The number of hydrogen-bond donors (Lipinski definition) is 0. The van der Waals surface area contributed by atoms with Crippen LogP contribution in [0, 0.1) is 5.92 Å². The molecule has 0 radical (unpaired) electrons. The Hall–Kier alpha value is -1.24. The average molecular weight is 373 g/mol. The van der Waals surface area contributed by atoms with Crippen molar-refractivity contribution in [3.8, 4) is 0 Å². The van der Waals surface area contributed by atoms with Gasteiger partial charge in [-0.3, -0.25) is 9.69 Å². The normalized spacial score (nSPS) is 30.9. The number of benzene rings is 1. The summed E-state index contributed by atoms with van der Waals surface area (Å²) in [5.74, 6) is 0.997. The molecule has 1 saturated heterocycles. The molecule has 130 valence electrons. The first kappa shape index (κ1) is 16.0. The van der Waals surface area contributed by atoms with Crippen LogP contribution in [0.25, 0.3) is 0 Å². The number of amides is 1. The second-order valence-corrected chi connectivity index (χ2v) is 9.03. The molecule has 3 aliphatic heterocycles. The standard InChI is InChI=1S/C19H20N2O2S2/c22-18-16-14-8-4-5-9-15(14)25-17(16)20-19(24-11-13-10-23-13)21(18)12-6-2-1-3-7-12/h1-3,6-7,13,16-17H,4-5,8-11H2. The highest BCUT2D eigenvalue weighted by Crippen LogP contribution is 2.52. The predicted molar refractivity (Wildman–Crippen MR) is 104 cm³/mol. The number of para-hydroxylation sites is 1. The summed E-state index contributed by atoms with van der Waals surface area (Å²) in [7, 11) is 0. The third kappa shape index (κ3) is 2.94. The lowest BCUT2D eigenvalue weighted by Crippen LogP contribution is -2.47. The van der Waals surface area contributed by atoms with E-state index in [1.165, 1.54) is 23.3 Å². The number of carbonyl (C=O) groups excluding carboxylic acids is 1. The molecule has 4 aliphatic rings. The minimum atomic E-state index is -0.0676. The topological polar surface area (TPSA) is 45.2 Å². The van der Waals surface area contributed by atoms with E-state index >= 15 is 0 Å². The monoisotopic (exact) mass is 372 g/mol. The lowest BCUT2D eigenvalue weighted by molar-refractivity contribution is -0.120. The first-order valence-electron chi connectivity index (χ1n) is 8.91. The van der Waals surface area contributed by atoms with Crippen LogP contribution in [0.15, 0.2) is 45.8 Å². The van der Waals surface area contributed by atoms with Crippen LogP contribution >= 0.6 is 23.5 Å². The van der Waals surface area contributed by atoms with Crippen molar-refractivity contribution in [1.29, 1.82) is 0 Å². The molecule has 1 fully saturated rings. The third-order valence-electron chi connectivity index (χ3n) is 5.11. The molecule has 3 unspecified atom stereocenters. The Morgan fingerprint density at radius 3 is 2.84 bits per heavy atom. The van der Waals surface area contributed by atoms with E-state index < -0.39 is 0 Å². The second kappa shape index (κ2) is 6.49. The number of anilines is 1. The van der Waals surface area contributed by atoms with Gasteiger partial charge >= 0.3 is 0 Å². The molecule has 3 heterocycles. The molecule has 0 saturated carbocycles. The Balaban J connectivity index is 1.51. The van der Waals surface area contributed by atoms with Gasteiger partial charge in [-0.15, -0.1) is 11.8 Å². The number of fused-ring (bicyclic) bond motifs is 2. The molecule has 0 aromatic heterocycles. The molecule has 3 atom stereocenters. The summed E-state index contributed by atoms with van der Waals surface area (Å²) < 4.78 is 5.34. The number of aliphatic imine (C=N–C) groups is 1. The average Bonchev–Trinajstić information content (AvgIpc) is 3.39. The zero-order valence-corrected chi connectivity index (χ0v) is 15.5. The zero-order valence-electron chi connectivity index (χ0n) is 13.9. The van der Waals surface area contributed by atoms with E-state index in [0.29, 0.717) is 6.10 Å². The number of epoxide rings is 1. The first-order chi connectivity index (χ1) is 12.3. The van der Waals surface area contributed by atoms with Crippen molar-refractivity contribution in [3.63, 3.8) is 0 Å². The summed E-state index contributed by atoms with van der Waals surface area (Å²) in [6.07, 6.45) is 4.95. The van der Waals surface area contributed by atoms with Crippen LogP contribution in [0.5, 0.6) is 0 Å². The number of nitrogens with zero attached hydrogens (tertiary/aromatic N) is 2. The predicted octanol–water partition coefficient (Wildman–Crippen LogP) is 4.04. The quantitative estimate of drug-likeness (QED) is 0.751. The maximum absolute atomic E-state index is 13.5. The molecule has 0 bridgehead atoms. The SMILES string of the molecule is O=C1C2C3=C(CCCC3)SC2N=C(SCC2CO2)N1c1ccccc1. The van der Waals surface area contributed by atoms with E-state index in [4.69, 9.17) is 9.73 Å². The molecule has 6 heteroatoms. The van der Waals surface area contributed by atoms with Crippen LogP contribution < -0.4 is 4.90 Å². The third-order valence-corrected chi connectivity index (χ3v) is 7.57. The van der Waals surface area contributed by atoms with Crippen molar-refractivity contribution in [2.24, 2.45) is 10.9 Å². The fraction of sp³-hybridized carbons (Fsp3) is 0.474. The molecule has 1 aromatic carbocycles. The van der Waals surface area contributed by atoms with E-state index in [0.717, 1.165) is 36.1 Å². The van der Waals surface area contributed by atoms with Gasteiger partial charge in [-0.2, -0.15) is 0 Å². The van der Waals surface area contributed by atoms with Crippen molar-refractivity contribution in [1.82, 2.24) is 0 Å². The van der Waals surface area contributed by atoms with Gasteiger partial charge in [0.25, 0.3) is 0 Å². The Morgan fingerprint density at radius 2 is 2.04 bits per heavy atom. The van der Waals surface area contributed by atoms with Crippen LogP contribution in [0.4, 0.5) is 5.69 Å². The Morgan fingerprint density at radius 1 is 1.24 bits per heavy atom. The molecule has 1 aliphatic carbocycles. The van der Waals surface area contributed by atoms with Gasteiger partial charge in [0.05, 0.1) is 24.3 Å². The largest absolute Gasteiger partial charge is 0.372 e. The van der Waals surface area contributed by atoms with Gasteiger partial charge in [-0.05, 0) is 48.3 Å². The highest BCUT2D eigenvalue weighted by atomic mass is 32.2. The van der Waals surface area contributed by atoms with Crippen LogP contribution in [0.1, 0.15) is 25.7 Å². The fourth-order valence-electron chi connectivity index (χ4n) is 3.77. The lowest BCUT2D eigenvalue weighted by atomic mass is 9.87. The number of amidine groups is 1. The van der Waals surface area contributed by atoms with Crippen molar-refractivity contribution >= 4 is 40.3 Å². The number of ether oxygens (including phenoxy) is 1. The minimum Gasteiger partial charge on any atom is -0.372 e. The van der Waals surface area contributed by atoms with Crippen LogP contribution in [-0.4, -0.2) is 34.9 Å². The Labute approximate surface area is 156 Å². The van der Waals surface area contributed by atoms with Gasteiger partial charge in [0.15, 0.2) is 5.17 Å². The van der Waals surface area contributed by atoms with E-state index in [-0.39, 0.29) is 17.2 Å². The van der Waals surface area contributed by atoms with Crippen molar-refractivity contribution in [2.45, 2.75) is 37.2 Å². The van der Waals surface area contributed by atoms with Crippen molar-refractivity contribution < 1.29 is 9.53 Å². The van der Waals surface area contributed by atoms with Gasteiger partial charge in [0.1, 0.15) is 5.37 Å². The summed E-state index contributed by atoms with van der Waals surface area (Å²) in [5.41, 5.74) is 2.29. The number of hydrogen-bond acceptors (Lipinski definition) is 5. The maximum atomic E-state index is 13.5. The van der Waals surface area contributed by atoms with Crippen LogP contribution in [0.3, 0.4) is 0 Å². The van der Waals surface area contributed by atoms with Gasteiger partial charge in [0.2, 0.25) is 5.91 Å². The van der Waals surface area contributed by atoms with Gasteiger partial charge in [-0.25, -0.2) is 4.99 Å². The van der Waals surface area contributed by atoms with E-state index in [2.05, 4.69) is 0 Å². The molecule has 0 spiro atoms. The molecule has 25 heavy (non-hydrogen) atoms. The summed E-state index contributed by atoms with van der Waals surface area (Å²) in [4.78, 5) is 21.8. The summed E-state index contributed by atoms with van der Waals surface area (Å²) in [5, 5.41) is 0.874. The molecular weight excluding hydrogens is 352 g/mol. The molecule has 1 amide bonds. The smallest absolute Gasteiger partial charge is 0.243 e. The minimum absolute atomic E-state index is 0.0400. The maximum Gasteiger partial charge on any atom is 0.243 e. The van der Waals surface area contributed by atoms with Crippen LogP contribution in [-0.2, 0) is 9.53 Å². The summed E-state index contributed by atoms with van der Waals surface area (Å²) in [6.45, 7) is 0.830. The Kier molecular flexibility index (Phi) is 4.14. The molecule has 0 N–H and O–H groups in total. The van der Waals surface area contributed by atoms with Gasteiger partial charge in [0, 0.05) is 5.75 Å². The lowest BCUT2D eigenvalue weighted by Gasteiger charge is -2.34. The van der Waals surface area contributed by atoms with Crippen LogP contribution in [0.2, 0.25) is 0 Å². The summed E-state index contributed by atoms with van der Waals surface area (Å²) >= 11 is 3.49. The highest BCUT2D eigenvalue weighted by molar-refractivity contribution is 8.14. The molecule has 4 nitrogen and oxygen atoms in total. The molecule has 1 aromatic rings. The Bertz CT molecular complexity index is 758. The fourth-order valence-corrected chi connectivity index (χ4v) is 6.38. The van der Waals surface area contributed by atoms with E-state index in [9.17, 15) is 4.79 Å². The number of allylic oxidation sites excluding steroid dienone is 1. The zero-order chi connectivity index (χ0) is 16.8. The summed E-state index contributed by atoms with van der Waals surface area (Å²) in [6, 6.07) is 9.95. The number of thioether (sulfide) groups is 2. The van der Waals surface area contributed by atoms with Gasteiger partial charge in [-0.1, -0.05) is 30.0 Å². The first-order valence-corrected chi connectivity index (χ1v) is 10.8. The number of rotatable bonds is 3. The van der Waals surface area contributed by atoms with Crippen molar-refractivity contribution in [3.05, 3.63) is 40.8 Å². The van der Waals surface area contributed by atoms with E-state index in [1.807, 2.05) is 47.0 Å². The molecular formula is C19H20N2O2S2. The van der Waals surface area contributed by atoms with E-state index in [1.54, 1.807) is 11.8 Å². The van der Waals surface area contributed by atoms with Gasteiger partial charge < -0.3 is 4.74 Å². The second-order valence-electron chi connectivity index (χ2n) is 6.83.